The van der Waals surface area contributed by atoms with E-state index in [1.54, 1.807) is 0 Å². The Kier molecular flexibility index (Phi) is 3.72. The molecule has 0 spiro atoms. The Morgan fingerprint density at radius 2 is 2.22 bits per heavy atom. The SMILES string of the molecule is CC(=O)c1ccc(F)cc1NC(=O)[C@H]1CCOC1. The third kappa shape index (κ3) is 2.73. The van der Waals surface area contributed by atoms with Gasteiger partial charge in [0.25, 0.3) is 0 Å². The molecule has 1 aliphatic heterocycles. The normalized spacial score (nSPS) is 18.7. The van der Waals surface area contributed by atoms with E-state index in [-0.39, 0.29) is 23.3 Å². The minimum atomic E-state index is -0.488. The van der Waals surface area contributed by atoms with Crippen molar-refractivity contribution in [3.8, 4) is 0 Å². The van der Waals surface area contributed by atoms with E-state index < -0.39 is 5.82 Å². The van der Waals surface area contributed by atoms with E-state index >= 15 is 0 Å². The summed E-state index contributed by atoms with van der Waals surface area (Å²) in [5.41, 5.74) is 0.531. The Balaban J connectivity index is 2.19. The molecule has 0 unspecified atom stereocenters. The van der Waals surface area contributed by atoms with Crippen LogP contribution in [0.5, 0.6) is 0 Å². The number of amides is 1. The van der Waals surface area contributed by atoms with E-state index in [0.29, 0.717) is 25.2 Å². The van der Waals surface area contributed by atoms with Crippen LogP contribution in [0, 0.1) is 11.7 Å². The first-order valence-electron chi connectivity index (χ1n) is 5.77. The summed E-state index contributed by atoms with van der Waals surface area (Å²) in [6, 6.07) is 3.73. The molecule has 1 amide bonds. The maximum Gasteiger partial charge on any atom is 0.229 e. The Morgan fingerprint density at radius 1 is 1.44 bits per heavy atom. The molecule has 1 atom stereocenters. The van der Waals surface area contributed by atoms with E-state index in [0.717, 1.165) is 6.07 Å². The van der Waals surface area contributed by atoms with Gasteiger partial charge < -0.3 is 10.1 Å². The molecule has 0 aromatic heterocycles. The molecular weight excluding hydrogens is 237 g/mol. The minimum absolute atomic E-state index is 0.215. The van der Waals surface area contributed by atoms with E-state index in [4.69, 9.17) is 4.74 Å². The van der Waals surface area contributed by atoms with Gasteiger partial charge in [-0.05, 0) is 31.5 Å². The number of ketones is 1. The standard InChI is InChI=1S/C13H14FNO3/c1-8(16)11-3-2-10(14)6-12(11)15-13(17)9-4-5-18-7-9/h2-3,6,9H,4-5,7H2,1H3,(H,15,17)/t9-/m0/s1. The topological polar surface area (TPSA) is 55.4 Å². The van der Waals surface area contributed by atoms with Gasteiger partial charge in [-0.2, -0.15) is 0 Å². The maximum atomic E-state index is 13.2. The summed E-state index contributed by atoms with van der Waals surface area (Å²) >= 11 is 0. The number of nitrogens with one attached hydrogen (secondary N) is 1. The molecule has 0 aliphatic carbocycles. The number of halogens is 1. The molecule has 18 heavy (non-hydrogen) atoms. The molecule has 1 N–H and O–H groups in total. The van der Waals surface area contributed by atoms with Crippen molar-refractivity contribution in [1.82, 2.24) is 0 Å². The number of benzene rings is 1. The fourth-order valence-electron chi connectivity index (χ4n) is 1.90. The molecule has 1 saturated heterocycles. The van der Waals surface area contributed by atoms with Crippen LogP contribution >= 0.6 is 0 Å². The molecule has 5 heteroatoms. The zero-order chi connectivity index (χ0) is 13.1. The summed E-state index contributed by atoms with van der Waals surface area (Å²) in [7, 11) is 0. The van der Waals surface area contributed by atoms with Crippen molar-refractivity contribution in [1.29, 1.82) is 0 Å². The van der Waals surface area contributed by atoms with Crippen molar-refractivity contribution in [2.45, 2.75) is 13.3 Å². The van der Waals surface area contributed by atoms with Gasteiger partial charge in [0, 0.05) is 12.2 Å². The van der Waals surface area contributed by atoms with Gasteiger partial charge in [0.2, 0.25) is 5.91 Å². The van der Waals surface area contributed by atoms with Crippen molar-refractivity contribution in [3.63, 3.8) is 0 Å². The van der Waals surface area contributed by atoms with E-state index in [1.807, 2.05) is 0 Å². The van der Waals surface area contributed by atoms with Crippen LogP contribution < -0.4 is 5.32 Å². The lowest BCUT2D eigenvalue weighted by Gasteiger charge is -2.12. The van der Waals surface area contributed by atoms with Gasteiger partial charge in [-0.1, -0.05) is 0 Å². The molecule has 4 nitrogen and oxygen atoms in total. The third-order valence-corrected chi connectivity index (χ3v) is 2.92. The van der Waals surface area contributed by atoms with Crippen molar-refractivity contribution in [2.24, 2.45) is 5.92 Å². The molecular formula is C13H14FNO3. The third-order valence-electron chi connectivity index (χ3n) is 2.92. The summed E-state index contributed by atoms with van der Waals surface area (Å²) in [5, 5.41) is 2.59. The zero-order valence-corrected chi connectivity index (χ0v) is 10.0. The number of hydrogen-bond donors (Lipinski definition) is 1. The van der Waals surface area contributed by atoms with Crippen LogP contribution in [-0.4, -0.2) is 24.9 Å². The fraction of sp³-hybridized carbons (Fsp3) is 0.385. The number of hydrogen-bond acceptors (Lipinski definition) is 3. The molecule has 1 aliphatic rings. The van der Waals surface area contributed by atoms with Gasteiger partial charge in [0.1, 0.15) is 5.82 Å². The number of rotatable bonds is 3. The summed E-state index contributed by atoms with van der Waals surface area (Å²) < 4.78 is 18.3. The number of carbonyl (C=O) groups is 2. The second kappa shape index (κ2) is 5.27. The van der Waals surface area contributed by atoms with Gasteiger partial charge in [-0.15, -0.1) is 0 Å². The van der Waals surface area contributed by atoms with Crippen LogP contribution in [0.25, 0.3) is 0 Å². The van der Waals surface area contributed by atoms with Crippen molar-refractivity contribution >= 4 is 17.4 Å². The Hall–Kier alpha value is -1.75. The summed E-state index contributed by atoms with van der Waals surface area (Å²) in [5.74, 6) is -1.17. The van der Waals surface area contributed by atoms with Gasteiger partial charge in [-0.3, -0.25) is 9.59 Å². The summed E-state index contributed by atoms with van der Waals surface area (Å²) in [6.45, 7) is 2.30. The monoisotopic (exact) mass is 251 g/mol. The number of anilines is 1. The maximum absolute atomic E-state index is 13.2. The second-order valence-corrected chi connectivity index (χ2v) is 4.30. The predicted octanol–water partition coefficient (Wildman–Crippen LogP) is 2.00. The molecule has 1 aromatic rings. The van der Waals surface area contributed by atoms with Crippen molar-refractivity contribution in [3.05, 3.63) is 29.6 Å². The van der Waals surface area contributed by atoms with Crippen molar-refractivity contribution < 1.29 is 18.7 Å². The first-order valence-corrected chi connectivity index (χ1v) is 5.77. The Bertz CT molecular complexity index is 481. The van der Waals surface area contributed by atoms with Gasteiger partial charge >= 0.3 is 0 Å². The van der Waals surface area contributed by atoms with Crippen molar-refractivity contribution in [2.75, 3.05) is 18.5 Å². The van der Waals surface area contributed by atoms with Gasteiger partial charge in [-0.25, -0.2) is 4.39 Å². The summed E-state index contributed by atoms with van der Waals surface area (Å²) in [6.07, 6.45) is 0.649. The average molecular weight is 251 g/mol. The Labute approximate surface area is 104 Å². The highest BCUT2D eigenvalue weighted by Gasteiger charge is 2.24. The molecule has 1 fully saturated rings. The van der Waals surface area contributed by atoms with Crippen LogP contribution in [0.4, 0.5) is 10.1 Å². The largest absolute Gasteiger partial charge is 0.381 e. The van der Waals surface area contributed by atoms with Crippen LogP contribution in [-0.2, 0) is 9.53 Å². The van der Waals surface area contributed by atoms with Crippen LogP contribution in [0.3, 0.4) is 0 Å². The number of carbonyl (C=O) groups excluding carboxylic acids is 2. The lowest BCUT2D eigenvalue weighted by Crippen LogP contribution is -2.23. The first kappa shape index (κ1) is 12.7. The van der Waals surface area contributed by atoms with Crippen LogP contribution in [0.15, 0.2) is 18.2 Å². The minimum Gasteiger partial charge on any atom is -0.381 e. The lowest BCUT2D eigenvalue weighted by molar-refractivity contribution is -0.119. The Morgan fingerprint density at radius 3 is 2.83 bits per heavy atom. The highest BCUT2D eigenvalue weighted by atomic mass is 19.1. The van der Waals surface area contributed by atoms with E-state index in [2.05, 4.69) is 5.32 Å². The molecule has 1 aromatic carbocycles. The molecule has 96 valence electrons. The quantitative estimate of drug-likeness (QED) is 0.836. The van der Waals surface area contributed by atoms with Gasteiger partial charge in [0.15, 0.2) is 5.78 Å². The highest BCUT2D eigenvalue weighted by Crippen LogP contribution is 2.20. The average Bonchev–Trinajstić information content (AvgIpc) is 2.81. The van der Waals surface area contributed by atoms with Crippen LogP contribution in [0.1, 0.15) is 23.7 Å². The molecule has 1 heterocycles. The second-order valence-electron chi connectivity index (χ2n) is 4.30. The van der Waals surface area contributed by atoms with E-state index in [9.17, 15) is 14.0 Å². The highest BCUT2D eigenvalue weighted by molar-refractivity contribution is 6.04. The van der Waals surface area contributed by atoms with E-state index in [1.165, 1.54) is 19.1 Å². The van der Waals surface area contributed by atoms with Gasteiger partial charge in [0.05, 0.1) is 18.2 Å². The number of ether oxygens (including phenoxy) is 1. The summed E-state index contributed by atoms with van der Waals surface area (Å²) in [4.78, 5) is 23.3. The zero-order valence-electron chi connectivity index (χ0n) is 10.0. The predicted molar refractivity (Wildman–Crippen MR) is 64.0 cm³/mol. The molecule has 0 bridgehead atoms. The van der Waals surface area contributed by atoms with Crippen LogP contribution in [0.2, 0.25) is 0 Å². The molecule has 2 rings (SSSR count). The first-order chi connectivity index (χ1) is 8.58. The lowest BCUT2D eigenvalue weighted by atomic mass is 10.1. The molecule has 0 radical (unpaired) electrons. The molecule has 0 saturated carbocycles. The number of Topliss-reactive ketones (excluding diaryl/α,β-unsaturated/α-hetero) is 1. The smallest absolute Gasteiger partial charge is 0.229 e. The fourth-order valence-corrected chi connectivity index (χ4v) is 1.90.